The first kappa shape index (κ1) is 28.3. The lowest BCUT2D eigenvalue weighted by Crippen LogP contribution is -1.97. The fourth-order valence-corrected chi connectivity index (χ4v) is 7.61. The normalized spacial score (nSPS) is 11.6. The molecule has 3 heterocycles. The van der Waals surface area contributed by atoms with Gasteiger partial charge in [-0.2, -0.15) is 0 Å². The Bertz CT molecular complexity index is 2840. The predicted molar refractivity (Wildman–Crippen MR) is 209 cm³/mol. The van der Waals surface area contributed by atoms with E-state index < -0.39 is 0 Å². The van der Waals surface area contributed by atoms with Crippen LogP contribution in [0.25, 0.3) is 88.5 Å². The first-order valence-electron chi connectivity index (χ1n) is 17.0. The van der Waals surface area contributed by atoms with Crippen LogP contribution in [0, 0.1) is 0 Å². The molecule has 0 radical (unpaired) electrons. The molecule has 0 saturated carbocycles. The Morgan fingerprint density at radius 2 is 0.740 bits per heavy atom. The van der Waals surface area contributed by atoms with Gasteiger partial charge < -0.3 is 4.57 Å². The fourth-order valence-electron chi connectivity index (χ4n) is 7.61. The molecule has 0 saturated heterocycles. The van der Waals surface area contributed by atoms with E-state index in [1.54, 1.807) is 0 Å². The first-order valence-corrected chi connectivity index (χ1v) is 17.0. The lowest BCUT2D eigenvalue weighted by Gasteiger charge is -2.10. The van der Waals surface area contributed by atoms with E-state index in [-0.39, 0.29) is 0 Å². The van der Waals surface area contributed by atoms with E-state index in [0.717, 1.165) is 22.4 Å². The number of pyridine rings is 1. The molecule has 3 heteroatoms. The van der Waals surface area contributed by atoms with Gasteiger partial charge >= 0.3 is 0 Å². The third kappa shape index (κ3) is 4.56. The minimum absolute atomic E-state index is 0.906. The smallest absolute Gasteiger partial charge is 0.138 e. The maximum absolute atomic E-state index is 4.90. The molecule has 0 bridgehead atoms. The van der Waals surface area contributed by atoms with Crippen LogP contribution in [0.5, 0.6) is 0 Å². The highest BCUT2D eigenvalue weighted by atomic mass is 15.1. The zero-order valence-corrected chi connectivity index (χ0v) is 27.2. The monoisotopic (exact) mass is 637 g/mol. The van der Waals surface area contributed by atoms with Crippen molar-refractivity contribution in [3.8, 4) is 44.9 Å². The number of hydrogen-bond donors (Lipinski definition) is 0. The molecule has 3 aromatic heterocycles. The second-order valence-electron chi connectivity index (χ2n) is 12.9. The Morgan fingerprint density at radius 1 is 0.300 bits per heavy atom. The van der Waals surface area contributed by atoms with Gasteiger partial charge in [-0.3, -0.25) is 4.57 Å². The lowest BCUT2D eigenvalue weighted by atomic mass is 10.0. The maximum Gasteiger partial charge on any atom is 0.138 e. The largest absolute Gasteiger partial charge is 0.309 e. The molecule has 10 aromatic rings. The van der Waals surface area contributed by atoms with Gasteiger partial charge in [-0.15, -0.1) is 0 Å². The highest BCUT2D eigenvalue weighted by Crippen LogP contribution is 2.38. The van der Waals surface area contributed by atoms with Crippen LogP contribution in [0.1, 0.15) is 0 Å². The Kier molecular flexibility index (Phi) is 6.49. The van der Waals surface area contributed by atoms with Crippen molar-refractivity contribution in [3.05, 3.63) is 188 Å². The van der Waals surface area contributed by atoms with Gasteiger partial charge in [0.2, 0.25) is 0 Å². The average molecular weight is 638 g/mol. The second kappa shape index (κ2) is 11.5. The van der Waals surface area contributed by atoms with Crippen LogP contribution in [-0.4, -0.2) is 14.1 Å². The molecule has 0 aliphatic heterocycles. The topological polar surface area (TPSA) is 22.8 Å². The summed E-state index contributed by atoms with van der Waals surface area (Å²) in [5, 5.41) is 4.93. The number of aromatic nitrogens is 3. The number of benzene rings is 7. The molecule has 0 amide bonds. The van der Waals surface area contributed by atoms with Crippen LogP contribution < -0.4 is 0 Å². The molecule has 0 aliphatic carbocycles. The highest BCUT2D eigenvalue weighted by molar-refractivity contribution is 6.12. The number of fused-ring (bicyclic) bond motifs is 6. The maximum atomic E-state index is 4.90. The Morgan fingerprint density at radius 3 is 1.38 bits per heavy atom. The van der Waals surface area contributed by atoms with E-state index in [0.29, 0.717) is 0 Å². The summed E-state index contributed by atoms with van der Waals surface area (Å²) in [6.07, 6.45) is 1.92. The summed E-state index contributed by atoms with van der Waals surface area (Å²) in [4.78, 5) is 4.90. The minimum atomic E-state index is 0.906. The van der Waals surface area contributed by atoms with Gasteiger partial charge in [0.25, 0.3) is 0 Å². The van der Waals surface area contributed by atoms with Gasteiger partial charge in [-0.05, 0) is 94.0 Å². The van der Waals surface area contributed by atoms with E-state index in [9.17, 15) is 0 Å². The average Bonchev–Trinajstić information content (AvgIpc) is 3.71. The van der Waals surface area contributed by atoms with Crippen molar-refractivity contribution in [1.29, 1.82) is 0 Å². The van der Waals surface area contributed by atoms with Gasteiger partial charge in [0.1, 0.15) is 5.82 Å². The van der Waals surface area contributed by atoms with Crippen molar-refractivity contribution in [3.63, 3.8) is 0 Å². The Hall–Kier alpha value is -6.71. The number of rotatable bonds is 5. The van der Waals surface area contributed by atoms with E-state index in [1.807, 2.05) is 6.20 Å². The Labute approximate surface area is 290 Å². The van der Waals surface area contributed by atoms with Crippen molar-refractivity contribution in [2.24, 2.45) is 0 Å². The molecule has 10 rings (SSSR count). The number of para-hydroxylation sites is 3. The number of nitrogens with zero attached hydrogens (tertiary/aromatic N) is 3. The van der Waals surface area contributed by atoms with Crippen LogP contribution in [-0.2, 0) is 0 Å². The quantitative estimate of drug-likeness (QED) is 0.184. The van der Waals surface area contributed by atoms with E-state index in [4.69, 9.17) is 4.98 Å². The third-order valence-electron chi connectivity index (χ3n) is 9.99. The van der Waals surface area contributed by atoms with Gasteiger partial charge in [-0.25, -0.2) is 4.98 Å². The molecule has 0 fully saturated rings. The summed E-state index contributed by atoms with van der Waals surface area (Å²) in [7, 11) is 0. The minimum Gasteiger partial charge on any atom is -0.309 e. The van der Waals surface area contributed by atoms with E-state index in [1.165, 1.54) is 66.1 Å². The zero-order valence-electron chi connectivity index (χ0n) is 27.2. The summed E-state index contributed by atoms with van der Waals surface area (Å²) in [5.41, 5.74) is 13.0. The predicted octanol–water partition coefficient (Wildman–Crippen LogP) is 12.3. The van der Waals surface area contributed by atoms with Crippen molar-refractivity contribution in [2.45, 2.75) is 0 Å². The first-order chi connectivity index (χ1) is 24.8. The van der Waals surface area contributed by atoms with Crippen LogP contribution in [0.3, 0.4) is 0 Å². The van der Waals surface area contributed by atoms with Crippen molar-refractivity contribution >= 4 is 43.6 Å². The molecule has 0 N–H and O–H groups in total. The van der Waals surface area contributed by atoms with Gasteiger partial charge in [0.15, 0.2) is 0 Å². The van der Waals surface area contributed by atoms with Gasteiger partial charge in [0, 0.05) is 33.4 Å². The van der Waals surface area contributed by atoms with Gasteiger partial charge in [0.05, 0.1) is 22.1 Å². The standard InChI is InChI=1S/C47H31N3/c1-3-11-32(12-4-1)33-19-21-34(22-20-33)37-27-28-48-47(31-37)50-44-18-10-8-16-40(44)42-30-36(24-26-46(42)50)35-23-25-45-41(29-35)39-15-7-9-17-43(39)49(45)38-13-5-2-6-14-38/h1-31H. The molecule has 50 heavy (non-hydrogen) atoms. The van der Waals surface area contributed by atoms with E-state index in [2.05, 4.69) is 191 Å². The van der Waals surface area contributed by atoms with Crippen molar-refractivity contribution < 1.29 is 0 Å². The lowest BCUT2D eigenvalue weighted by molar-refractivity contribution is 1.08. The molecule has 234 valence electrons. The van der Waals surface area contributed by atoms with E-state index >= 15 is 0 Å². The molecular formula is C47H31N3. The summed E-state index contributed by atoms with van der Waals surface area (Å²) >= 11 is 0. The molecule has 7 aromatic carbocycles. The molecule has 0 unspecified atom stereocenters. The van der Waals surface area contributed by atoms with Crippen LogP contribution in [0.2, 0.25) is 0 Å². The third-order valence-corrected chi connectivity index (χ3v) is 9.99. The summed E-state index contributed by atoms with van der Waals surface area (Å²) in [6, 6.07) is 65.3. The SMILES string of the molecule is c1ccc(-c2ccc(-c3ccnc(-n4c5ccccc5c5cc(-c6ccc7c(c6)c6ccccc6n7-c6ccccc6)ccc54)c3)cc2)cc1. The summed E-state index contributed by atoms with van der Waals surface area (Å²) in [5.74, 6) is 0.906. The molecular weight excluding hydrogens is 607 g/mol. The molecule has 0 aliphatic rings. The van der Waals surface area contributed by atoms with Crippen molar-refractivity contribution in [2.75, 3.05) is 0 Å². The van der Waals surface area contributed by atoms with Crippen LogP contribution >= 0.6 is 0 Å². The zero-order chi connectivity index (χ0) is 33.0. The number of hydrogen-bond acceptors (Lipinski definition) is 1. The van der Waals surface area contributed by atoms with Crippen LogP contribution in [0.4, 0.5) is 0 Å². The highest BCUT2D eigenvalue weighted by Gasteiger charge is 2.16. The van der Waals surface area contributed by atoms with Gasteiger partial charge in [-0.1, -0.05) is 121 Å². The van der Waals surface area contributed by atoms with Crippen LogP contribution in [0.15, 0.2) is 188 Å². The second-order valence-corrected chi connectivity index (χ2v) is 12.9. The molecule has 0 spiro atoms. The molecule has 0 atom stereocenters. The van der Waals surface area contributed by atoms with Crippen molar-refractivity contribution in [1.82, 2.24) is 14.1 Å². The fraction of sp³-hybridized carbons (Fsp3) is 0. The summed E-state index contributed by atoms with van der Waals surface area (Å²) < 4.78 is 4.66. The Balaban J connectivity index is 1.08. The molecule has 3 nitrogen and oxygen atoms in total. The summed E-state index contributed by atoms with van der Waals surface area (Å²) in [6.45, 7) is 0.